The lowest BCUT2D eigenvalue weighted by atomic mass is 9.87. The Balaban J connectivity index is 1.56. The average Bonchev–Trinajstić information content (AvgIpc) is 3.74. The molecule has 4 heteroatoms. The number of phenols is 1. The van der Waals surface area contributed by atoms with Crippen molar-refractivity contribution in [1.29, 1.82) is 0 Å². The number of nitrogens with zero attached hydrogens (tertiary/aromatic N) is 2. The first-order chi connectivity index (χ1) is 16.7. The Hall–Kier alpha value is -3.08. The fourth-order valence-electron chi connectivity index (χ4n) is 5.10. The van der Waals surface area contributed by atoms with E-state index in [0.717, 1.165) is 49.8 Å². The van der Waals surface area contributed by atoms with Gasteiger partial charge in [0, 0.05) is 44.5 Å². The van der Waals surface area contributed by atoms with Gasteiger partial charge >= 0.3 is 0 Å². The summed E-state index contributed by atoms with van der Waals surface area (Å²) in [5.74, 6) is 0.266. The maximum atomic E-state index is 9.93. The zero-order chi connectivity index (χ0) is 23.3. The van der Waals surface area contributed by atoms with Crippen molar-refractivity contribution < 1.29 is 10.2 Å². The van der Waals surface area contributed by atoms with Gasteiger partial charge in [-0.25, -0.2) is 0 Å². The van der Waals surface area contributed by atoms with Crippen LogP contribution in [-0.2, 0) is 0 Å². The van der Waals surface area contributed by atoms with Crippen molar-refractivity contribution in [3.63, 3.8) is 0 Å². The number of hydrogen-bond acceptors (Lipinski definition) is 4. The number of aromatic hydroxyl groups is 1. The van der Waals surface area contributed by atoms with Crippen molar-refractivity contribution in [3.8, 4) is 5.75 Å². The molecule has 2 N–H and O–H groups in total. The highest BCUT2D eigenvalue weighted by molar-refractivity contribution is 5.99. The molecule has 2 fully saturated rings. The number of anilines is 1. The van der Waals surface area contributed by atoms with Crippen LogP contribution in [0.25, 0.3) is 11.1 Å². The third kappa shape index (κ3) is 5.19. The lowest BCUT2D eigenvalue weighted by molar-refractivity contribution is 0.248. The monoisotopic (exact) mass is 454 g/mol. The molecule has 34 heavy (non-hydrogen) atoms. The number of benzene rings is 3. The minimum Gasteiger partial charge on any atom is -0.508 e. The van der Waals surface area contributed by atoms with Gasteiger partial charge in [0.25, 0.3) is 0 Å². The van der Waals surface area contributed by atoms with E-state index >= 15 is 0 Å². The van der Waals surface area contributed by atoms with Crippen LogP contribution >= 0.6 is 0 Å². The van der Waals surface area contributed by atoms with Crippen LogP contribution in [0.2, 0.25) is 0 Å². The van der Waals surface area contributed by atoms with Gasteiger partial charge in [-0.05, 0) is 77.8 Å². The molecule has 0 bridgehead atoms. The lowest BCUT2D eigenvalue weighted by Crippen LogP contribution is -2.47. The fourth-order valence-corrected chi connectivity index (χ4v) is 5.10. The molecule has 176 valence electrons. The highest BCUT2D eigenvalue weighted by atomic mass is 16.3. The van der Waals surface area contributed by atoms with E-state index in [-0.39, 0.29) is 12.4 Å². The summed E-state index contributed by atoms with van der Waals surface area (Å²) in [6, 6.07) is 27.7. The maximum Gasteiger partial charge on any atom is 0.115 e. The minimum absolute atomic E-state index is 0.157. The smallest absolute Gasteiger partial charge is 0.115 e. The van der Waals surface area contributed by atoms with Crippen LogP contribution in [0.3, 0.4) is 0 Å². The molecule has 3 aromatic rings. The Kier molecular flexibility index (Phi) is 6.98. The Bertz CT molecular complexity index is 1110. The normalized spacial score (nSPS) is 17.5. The van der Waals surface area contributed by atoms with Crippen molar-refractivity contribution in [1.82, 2.24) is 4.90 Å². The van der Waals surface area contributed by atoms with Crippen LogP contribution in [-0.4, -0.2) is 53.9 Å². The number of hydrogen-bond donors (Lipinski definition) is 2. The second-order valence-electron chi connectivity index (χ2n) is 9.40. The predicted molar refractivity (Wildman–Crippen MR) is 140 cm³/mol. The maximum absolute atomic E-state index is 9.93. The molecule has 0 aromatic heterocycles. The number of piperazine rings is 1. The third-order valence-corrected chi connectivity index (χ3v) is 7.04. The Morgan fingerprint density at radius 2 is 1.47 bits per heavy atom. The molecule has 1 aliphatic heterocycles. The number of aliphatic hydroxyl groups is 1. The van der Waals surface area contributed by atoms with Crippen LogP contribution in [0.4, 0.5) is 5.69 Å². The molecular weight excluding hydrogens is 420 g/mol. The number of rotatable bonds is 8. The summed E-state index contributed by atoms with van der Waals surface area (Å²) in [7, 11) is 0. The molecule has 0 spiro atoms. The van der Waals surface area contributed by atoms with Gasteiger partial charge in [0.2, 0.25) is 0 Å². The molecule has 1 aliphatic carbocycles. The Morgan fingerprint density at radius 3 is 2.15 bits per heavy atom. The fraction of sp³-hybridized carbons (Fsp3) is 0.333. The van der Waals surface area contributed by atoms with Gasteiger partial charge < -0.3 is 15.1 Å². The molecule has 2 aliphatic rings. The molecule has 1 saturated heterocycles. The summed E-state index contributed by atoms with van der Waals surface area (Å²) < 4.78 is 0. The van der Waals surface area contributed by atoms with E-state index < -0.39 is 0 Å². The number of phenolic OH excluding ortho intramolecular Hbond substituents is 1. The summed E-state index contributed by atoms with van der Waals surface area (Å²) in [5.41, 5.74) is 7.06. The predicted octanol–water partition coefficient (Wildman–Crippen LogP) is 5.41. The summed E-state index contributed by atoms with van der Waals surface area (Å²) in [6.07, 6.45) is 4.22. The SMILES string of the molecule is OCCC/C(=C(\c1ccc(O)cc1)c1cccc(N2CCN(C3CC3)CC2)c1)c1ccccc1. The molecule has 1 heterocycles. The van der Waals surface area contributed by atoms with E-state index in [9.17, 15) is 10.2 Å². The summed E-state index contributed by atoms with van der Waals surface area (Å²) in [4.78, 5) is 5.15. The van der Waals surface area contributed by atoms with Crippen LogP contribution in [0, 0.1) is 0 Å². The largest absolute Gasteiger partial charge is 0.508 e. The van der Waals surface area contributed by atoms with E-state index in [1.54, 1.807) is 12.1 Å². The molecule has 0 amide bonds. The Labute approximate surface area is 202 Å². The van der Waals surface area contributed by atoms with Gasteiger partial charge in [0.15, 0.2) is 0 Å². The van der Waals surface area contributed by atoms with E-state index in [1.807, 2.05) is 18.2 Å². The van der Waals surface area contributed by atoms with Gasteiger partial charge in [0.05, 0.1) is 0 Å². The molecular formula is C30H34N2O2. The van der Waals surface area contributed by atoms with E-state index in [1.165, 1.54) is 35.2 Å². The standard InChI is InChI=1S/C30H34N2O2/c33-21-5-10-29(23-6-2-1-3-7-23)30(24-11-15-28(34)16-12-24)25-8-4-9-27(22-25)32-19-17-31(18-20-32)26-13-14-26/h1-4,6-9,11-12,15-16,22,26,33-34H,5,10,13-14,17-21H2/b30-29-. The molecule has 4 nitrogen and oxygen atoms in total. The molecule has 3 aromatic carbocycles. The van der Waals surface area contributed by atoms with Crippen LogP contribution < -0.4 is 4.90 Å². The quantitative estimate of drug-likeness (QED) is 0.447. The second-order valence-corrected chi connectivity index (χ2v) is 9.40. The van der Waals surface area contributed by atoms with Gasteiger partial charge in [-0.1, -0.05) is 54.6 Å². The minimum atomic E-state index is 0.157. The molecule has 0 radical (unpaired) electrons. The molecule has 5 rings (SSSR count). The van der Waals surface area contributed by atoms with Crippen molar-refractivity contribution in [2.75, 3.05) is 37.7 Å². The molecule has 0 unspecified atom stereocenters. The van der Waals surface area contributed by atoms with Gasteiger partial charge in [-0.2, -0.15) is 0 Å². The zero-order valence-corrected chi connectivity index (χ0v) is 19.7. The van der Waals surface area contributed by atoms with Gasteiger partial charge in [-0.15, -0.1) is 0 Å². The summed E-state index contributed by atoms with van der Waals surface area (Å²) in [6.45, 7) is 4.57. The van der Waals surface area contributed by atoms with Crippen LogP contribution in [0.1, 0.15) is 42.4 Å². The van der Waals surface area contributed by atoms with Crippen LogP contribution in [0.5, 0.6) is 5.75 Å². The molecule has 0 atom stereocenters. The van der Waals surface area contributed by atoms with Crippen LogP contribution in [0.15, 0.2) is 78.9 Å². The van der Waals surface area contributed by atoms with Gasteiger partial charge in [-0.3, -0.25) is 4.90 Å². The topological polar surface area (TPSA) is 46.9 Å². The Morgan fingerprint density at radius 1 is 0.765 bits per heavy atom. The first-order valence-corrected chi connectivity index (χ1v) is 12.5. The first kappa shape index (κ1) is 22.7. The third-order valence-electron chi connectivity index (χ3n) is 7.04. The average molecular weight is 455 g/mol. The molecule has 1 saturated carbocycles. The summed E-state index contributed by atoms with van der Waals surface area (Å²) >= 11 is 0. The zero-order valence-electron chi connectivity index (χ0n) is 19.7. The van der Waals surface area contributed by atoms with Crippen molar-refractivity contribution in [2.45, 2.75) is 31.7 Å². The first-order valence-electron chi connectivity index (χ1n) is 12.5. The van der Waals surface area contributed by atoms with E-state index in [2.05, 4.69) is 58.3 Å². The highest BCUT2D eigenvalue weighted by Crippen LogP contribution is 2.37. The van der Waals surface area contributed by atoms with Crippen molar-refractivity contribution in [2.24, 2.45) is 0 Å². The van der Waals surface area contributed by atoms with Crippen molar-refractivity contribution in [3.05, 3.63) is 95.6 Å². The van der Waals surface area contributed by atoms with Gasteiger partial charge in [0.1, 0.15) is 5.75 Å². The van der Waals surface area contributed by atoms with E-state index in [4.69, 9.17) is 0 Å². The lowest BCUT2D eigenvalue weighted by Gasteiger charge is -2.36. The number of allylic oxidation sites excluding steroid dienone is 1. The van der Waals surface area contributed by atoms with E-state index in [0.29, 0.717) is 6.42 Å². The second kappa shape index (κ2) is 10.5. The summed E-state index contributed by atoms with van der Waals surface area (Å²) in [5, 5.41) is 19.6. The highest BCUT2D eigenvalue weighted by Gasteiger charge is 2.31. The van der Waals surface area contributed by atoms with Crippen molar-refractivity contribution >= 4 is 16.8 Å². The number of aliphatic hydroxyl groups excluding tert-OH is 1.